The van der Waals surface area contributed by atoms with Crippen LogP contribution in [0.2, 0.25) is 0 Å². The molecule has 2 fully saturated rings. The molecule has 0 bridgehead atoms. The van der Waals surface area contributed by atoms with Gasteiger partial charge >= 0.3 is 18.0 Å². The Morgan fingerprint density at radius 2 is 1.46 bits per heavy atom. The van der Waals surface area contributed by atoms with Gasteiger partial charge in [-0.3, -0.25) is 24.6 Å². The van der Waals surface area contributed by atoms with Gasteiger partial charge in [0.05, 0.1) is 39.9 Å². The van der Waals surface area contributed by atoms with Gasteiger partial charge in [-0.15, -0.1) is 0 Å². The molecule has 0 aliphatic heterocycles. The summed E-state index contributed by atoms with van der Waals surface area (Å²) in [6.07, 6.45) is 3.80. The molecule has 61 heavy (non-hydrogen) atoms. The van der Waals surface area contributed by atoms with Crippen LogP contribution in [-0.4, -0.2) is 102 Å². The Balaban J connectivity index is 0.000000169. The molecule has 320 valence electrons. The van der Waals surface area contributed by atoms with E-state index in [4.69, 9.17) is 14.6 Å². The van der Waals surface area contributed by atoms with Crippen molar-refractivity contribution in [2.75, 3.05) is 58.3 Å². The van der Waals surface area contributed by atoms with Crippen molar-refractivity contribution in [2.45, 2.75) is 37.5 Å². The van der Waals surface area contributed by atoms with Crippen LogP contribution in [-0.2, 0) is 23.9 Å². The Labute approximate surface area is 352 Å². The van der Waals surface area contributed by atoms with E-state index in [1.807, 2.05) is 84.9 Å². The van der Waals surface area contributed by atoms with Crippen molar-refractivity contribution in [3.63, 3.8) is 0 Å². The molecule has 4 atom stereocenters. The standard InChI is InChI=1S/C22H24N4O4.C12H17NO3.C10H9N3O2/c1-29-15-7-5-6-14(12-15)26(11-10-23-22(28)30-2)21(27)18-13-17(18)20-16-8-3-4-9-19(16)24-25-20;1-15-11-6-3-5-10(9-11)13-8-4-7-12(14)16-2;14-10(15)7-4-6(7)8-5-2-1-3-11-9(5)13-12-8/h3-9,12,17-18H,10-11,13H2,1-2H3,(H,23,28)(H,24,25);3,5-6,9,13H,4,7-8H2,1-2H3;1-3,6-7H,4H2,(H,14,15)(H,11,12,13). The molecule has 3 heterocycles. The van der Waals surface area contributed by atoms with Gasteiger partial charge in [0, 0.05) is 95.7 Å². The minimum Gasteiger partial charge on any atom is -0.497 e. The summed E-state index contributed by atoms with van der Waals surface area (Å²) in [5, 5.41) is 31.1. The lowest BCUT2D eigenvalue weighted by Gasteiger charge is -2.23. The highest BCUT2D eigenvalue weighted by Gasteiger charge is 2.48. The van der Waals surface area contributed by atoms with E-state index in [0.29, 0.717) is 30.8 Å². The Kier molecular flexibility index (Phi) is 14.7. The van der Waals surface area contributed by atoms with Gasteiger partial charge in [-0.25, -0.2) is 9.78 Å². The maximum Gasteiger partial charge on any atom is 0.406 e. The summed E-state index contributed by atoms with van der Waals surface area (Å²) in [7, 11) is 5.93. The lowest BCUT2D eigenvalue weighted by Crippen LogP contribution is -2.39. The van der Waals surface area contributed by atoms with Gasteiger partial charge < -0.3 is 39.6 Å². The summed E-state index contributed by atoms with van der Waals surface area (Å²) < 4.78 is 19.6. The van der Waals surface area contributed by atoms with Crippen molar-refractivity contribution in [1.29, 1.82) is 0 Å². The predicted octanol–water partition coefficient (Wildman–Crippen LogP) is 6.27. The lowest BCUT2D eigenvalue weighted by molar-refractivity contribution is -0.141. The number of nitrogens with zero attached hydrogens (tertiary/aromatic N) is 4. The second-order valence-corrected chi connectivity index (χ2v) is 14.4. The molecule has 17 heteroatoms. The molecule has 2 aliphatic rings. The quantitative estimate of drug-likeness (QED) is 0.0569. The van der Waals surface area contributed by atoms with Crippen LogP contribution in [0.1, 0.15) is 48.9 Å². The van der Waals surface area contributed by atoms with E-state index in [2.05, 4.69) is 45.5 Å². The third-order valence-corrected chi connectivity index (χ3v) is 10.4. The van der Waals surface area contributed by atoms with Crippen molar-refractivity contribution in [3.05, 3.63) is 103 Å². The fraction of sp³-hybridized carbons (Fsp3) is 0.341. The summed E-state index contributed by atoms with van der Waals surface area (Å²) in [5.74, 6) is 0.379. The second kappa shape index (κ2) is 20.7. The van der Waals surface area contributed by atoms with E-state index in [0.717, 1.165) is 64.2 Å². The molecular formula is C44H50N8O9. The highest BCUT2D eigenvalue weighted by Crippen LogP contribution is 2.50. The first-order valence-electron chi connectivity index (χ1n) is 19.8. The van der Waals surface area contributed by atoms with Gasteiger partial charge in [-0.2, -0.15) is 10.2 Å². The van der Waals surface area contributed by atoms with Crippen molar-refractivity contribution in [2.24, 2.45) is 11.8 Å². The molecule has 2 amide bonds. The minimum absolute atomic E-state index is 0.0126. The molecule has 0 saturated heterocycles. The number of carbonyl (C=O) groups excluding carboxylic acids is 3. The highest BCUT2D eigenvalue weighted by atomic mass is 16.5. The number of aliphatic carboxylic acids is 1. The van der Waals surface area contributed by atoms with Gasteiger partial charge in [-0.1, -0.05) is 30.3 Å². The predicted molar refractivity (Wildman–Crippen MR) is 228 cm³/mol. The number of pyridine rings is 1. The van der Waals surface area contributed by atoms with E-state index in [9.17, 15) is 19.2 Å². The topological polar surface area (TPSA) is 223 Å². The number of benzene rings is 3. The van der Waals surface area contributed by atoms with Crippen LogP contribution in [0.5, 0.6) is 11.5 Å². The molecular weight excluding hydrogens is 785 g/mol. The van der Waals surface area contributed by atoms with E-state index < -0.39 is 12.1 Å². The first-order chi connectivity index (χ1) is 29.6. The monoisotopic (exact) mass is 834 g/mol. The SMILES string of the molecule is COC(=O)CCCNc1cccc(OC)c1.COC(=O)NCCN(C(=O)C1CC1c1[nH]nc2ccccc12)c1cccc(OC)c1.O=C(O)C1CC1c1[nH]nc2ncccc12. The number of para-hydroxylation sites is 1. The number of hydrogen-bond acceptors (Lipinski definition) is 12. The number of H-pyrrole nitrogens is 2. The number of methoxy groups -OCH3 is 4. The van der Waals surface area contributed by atoms with Crippen LogP contribution >= 0.6 is 0 Å². The van der Waals surface area contributed by atoms with Crippen LogP contribution in [0.4, 0.5) is 16.2 Å². The van der Waals surface area contributed by atoms with Gasteiger partial charge in [0.15, 0.2) is 5.65 Å². The normalized spacial score (nSPS) is 17.0. The third-order valence-electron chi connectivity index (χ3n) is 10.4. The van der Waals surface area contributed by atoms with Crippen molar-refractivity contribution >= 4 is 57.3 Å². The Bertz CT molecular complexity index is 2430. The van der Waals surface area contributed by atoms with E-state index in [1.165, 1.54) is 14.2 Å². The Hall–Kier alpha value is -7.17. The Morgan fingerprint density at radius 3 is 2.20 bits per heavy atom. The van der Waals surface area contributed by atoms with Crippen LogP contribution in [0.15, 0.2) is 91.1 Å². The number of carboxylic acid groups (broad SMARTS) is 1. The van der Waals surface area contributed by atoms with E-state index in [1.54, 1.807) is 25.3 Å². The number of aromatic amines is 2. The summed E-state index contributed by atoms with van der Waals surface area (Å²) in [6, 6.07) is 26.7. The smallest absolute Gasteiger partial charge is 0.406 e. The van der Waals surface area contributed by atoms with Crippen LogP contribution in [0, 0.1) is 11.8 Å². The molecule has 6 aromatic rings. The number of rotatable bonds is 15. The second-order valence-electron chi connectivity index (χ2n) is 14.4. The van der Waals surface area contributed by atoms with Crippen LogP contribution in [0.25, 0.3) is 21.9 Å². The summed E-state index contributed by atoms with van der Waals surface area (Å²) in [5.41, 5.74) is 5.18. The van der Waals surface area contributed by atoms with Crippen LogP contribution in [0.3, 0.4) is 0 Å². The van der Waals surface area contributed by atoms with Crippen LogP contribution < -0.4 is 25.0 Å². The third kappa shape index (κ3) is 11.3. The lowest BCUT2D eigenvalue weighted by atomic mass is 10.1. The molecule has 17 nitrogen and oxygen atoms in total. The van der Waals surface area contributed by atoms with Gasteiger partial charge in [-0.05, 0) is 61.7 Å². The van der Waals surface area contributed by atoms with Crippen molar-refractivity contribution in [1.82, 2.24) is 30.7 Å². The van der Waals surface area contributed by atoms with Gasteiger partial charge in [0.25, 0.3) is 0 Å². The van der Waals surface area contributed by atoms with Gasteiger partial charge in [0.1, 0.15) is 11.5 Å². The zero-order valence-corrected chi connectivity index (χ0v) is 34.4. The maximum atomic E-state index is 13.4. The van der Waals surface area contributed by atoms with Crippen molar-refractivity contribution < 1.29 is 43.2 Å². The van der Waals surface area contributed by atoms with Gasteiger partial charge in [0.2, 0.25) is 5.91 Å². The number of alkyl carbamates (subject to hydrolysis) is 1. The van der Waals surface area contributed by atoms with Crippen molar-refractivity contribution in [3.8, 4) is 11.5 Å². The van der Waals surface area contributed by atoms with E-state index >= 15 is 0 Å². The number of nitrogens with one attached hydrogen (secondary N) is 4. The molecule has 0 radical (unpaired) electrons. The zero-order chi connectivity index (χ0) is 43.3. The number of amides is 2. The zero-order valence-electron chi connectivity index (χ0n) is 34.4. The molecule has 0 spiro atoms. The molecule has 2 aliphatic carbocycles. The fourth-order valence-corrected chi connectivity index (χ4v) is 6.98. The average Bonchev–Trinajstić information content (AvgIpc) is 4.20. The first-order valence-corrected chi connectivity index (χ1v) is 19.8. The number of ether oxygens (including phenoxy) is 4. The summed E-state index contributed by atoms with van der Waals surface area (Å²) in [6.45, 7) is 1.34. The minimum atomic E-state index is -0.730. The Morgan fingerprint density at radius 1 is 0.770 bits per heavy atom. The summed E-state index contributed by atoms with van der Waals surface area (Å²) >= 11 is 0. The number of aromatic nitrogens is 5. The number of esters is 1. The van der Waals surface area contributed by atoms with E-state index in [-0.39, 0.29) is 42.1 Å². The molecule has 2 saturated carbocycles. The number of carbonyl (C=O) groups is 4. The maximum absolute atomic E-state index is 13.4. The molecule has 4 unspecified atom stereocenters. The number of fused-ring (bicyclic) bond motifs is 2. The number of anilines is 2. The number of hydrogen-bond donors (Lipinski definition) is 5. The number of carboxylic acids is 1. The fourth-order valence-electron chi connectivity index (χ4n) is 6.98. The first kappa shape index (κ1) is 43.4. The molecule has 3 aromatic carbocycles. The average molecular weight is 835 g/mol. The molecule has 8 rings (SSSR count). The summed E-state index contributed by atoms with van der Waals surface area (Å²) in [4.78, 5) is 52.2. The molecule has 5 N–H and O–H groups in total. The highest BCUT2D eigenvalue weighted by molar-refractivity contribution is 5.98. The molecule has 3 aromatic heterocycles. The largest absolute Gasteiger partial charge is 0.497 e.